The van der Waals surface area contributed by atoms with Crippen LogP contribution in [0.1, 0.15) is 56.1 Å². The quantitative estimate of drug-likeness (QED) is 0.344. The number of hydrogen-bond acceptors (Lipinski definition) is 5. The fourth-order valence-corrected chi connectivity index (χ4v) is 5.55. The van der Waals surface area contributed by atoms with Gasteiger partial charge in [0.15, 0.2) is 5.78 Å². The van der Waals surface area contributed by atoms with Crippen LogP contribution in [0.5, 0.6) is 5.75 Å². The molecule has 0 N–H and O–H groups in total. The summed E-state index contributed by atoms with van der Waals surface area (Å²) in [5, 5.41) is 3.28. The summed E-state index contributed by atoms with van der Waals surface area (Å²) in [5.41, 5.74) is 6.71. The highest BCUT2D eigenvalue weighted by molar-refractivity contribution is 6.10. The lowest BCUT2D eigenvalue weighted by Gasteiger charge is -2.30. The topological polar surface area (TPSA) is 57.7 Å². The number of aromatic nitrogens is 1. The third-order valence-electron chi connectivity index (χ3n) is 6.91. The summed E-state index contributed by atoms with van der Waals surface area (Å²) in [6, 6.07) is 14.6. The molecular weight excluding hydrogens is 438 g/mol. The molecule has 4 aromatic rings. The summed E-state index contributed by atoms with van der Waals surface area (Å²) in [5.74, 6) is 0.840. The van der Waals surface area contributed by atoms with Crippen LogP contribution in [0, 0.1) is 0 Å². The normalized spacial score (nSPS) is 15.8. The molecule has 0 aliphatic carbocycles. The van der Waals surface area contributed by atoms with Gasteiger partial charge in [0.25, 0.3) is 0 Å². The van der Waals surface area contributed by atoms with Crippen LogP contribution in [-0.2, 0) is 33.9 Å². The van der Waals surface area contributed by atoms with Gasteiger partial charge >= 0.3 is 0 Å². The Morgan fingerprint density at radius 3 is 2.57 bits per heavy atom. The smallest absolute Gasteiger partial charge is 0.163 e. The molecule has 3 heterocycles. The Labute approximate surface area is 205 Å². The lowest BCUT2D eigenvalue weighted by molar-refractivity contribution is -0.138. The molecule has 1 atom stereocenters. The average Bonchev–Trinajstić information content (AvgIpc) is 3.32. The summed E-state index contributed by atoms with van der Waals surface area (Å²) in [7, 11) is 0. The first-order valence-electron chi connectivity index (χ1n) is 12.2. The number of benzene rings is 3. The molecule has 3 aromatic carbocycles. The van der Waals surface area contributed by atoms with Crippen LogP contribution in [0.25, 0.3) is 32.8 Å². The predicted octanol–water partition coefficient (Wildman–Crippen LogP) is 6.47. The number of fused-ring (bicyclic) bond motifs is 3. The Morgan fingerprint density at radius 1 is 1.03 bits per heavy atom. The van der Waals surface area contributed by atoms with Gasteiger partial charge in [-0.2, -0.15) is 0 Å². The third-order valence-corrected chi connectivity index (χ3v) is 6.91. The Morgan fingerprint density at radius 2 is 1.80 bits per heavy atom. The molecule has 5 nitrogen and oxygen atoms in total. The first-order chi connectivity index (χ1) is 16.8. The fourth-order valence-electron chi connectivity index (χ4n) is 5.55. The summed E-state index contributed by atoms with van der Waals surface area (Å²) in [6.45, 7) is 9.23. The van der Waals surface area contributed by atoms with E-state index in [2.05, 4.69) is 30.3 Å². The second-order valence-corrected chi connectivity index (χ2v) is 10.4. The Kier molecular flexibility index (Phi) is 5.17. The molecule has 2 aliphatic rings. The number of nitrogens with zero attached hydrogens (tertiary/aromatic N) is 1. The second-order valence-electron chi connectivity index (χ2n) is 10.4. The summed E-state index contributed by atoms with van der Waals surface area (Å²) in [6.07, 6.45) is 2.01. The molecule has 2 aliphatic heterocycles. The molecule has 0 unspecified atom stereocenters. The number of rotatable bonds is 4. The van der Waals surface area contributed by atoms with E-state index in [9.17, 15) is 4.79 Å². The second kappa shape index (κ2) is 8.14. The minimum Gasteiger partial charge on any atom is -0.493 e. The molecule has 5 heteroatoms. The summed E-state index contributed by atoms with van der Waals surface area (Å²) >= 11 is 0. The lowest BCUT2D eigenvalue weighted by Crippen LogP contribution is -2.27. The van der Waals surface area contributed by atoms with E-state index in [-0.39, 0.29) is 5.78 Å². The Balaban J connectivity index is 1.76. The van der Waals surface area contributed by atoms with Crippen LogP contribution in [0.4, 0.5) is 0 Å². The van der Waals surface area contributed by atoms with Crippen LogP contribution < -0.4 is 4.74 Å². The van der Waals surface area contributed by atoms with Crippen molar-refractivity contribution >= 4 is 27.5 Å². The van der Waals surface area contributed by atoms with E-state index >= 15 is 0 Å². The van der Waals surface area contributed by atoms with E-state index in [0.29, 0.717) is 19.8 Å². The fraction of sp³-hybridized carbons (Fsp3) is 0.333. The van der Waals surface area contributed by atoms with Crippen LogP contribution in [0.3, 0.4) is 0 Å². The van der Waals surface area contributed by atoms with Crippen molar-refractivity contribution in [1.82, 2.24) is 4.98 Å². The molecule has 0 saturated carbocycles. The minimum atomic E-state index is -0.716. The first kappa shape index (κ1) is 22.2. The lowest BCUT2D eigenvalue weighted by atomic mass is 9.82. The molecule has 178 valence electrons. The average molecular weight is 468 g/mol. The van der Waals surface area contributed by atoms with Crippen molar-refractivity contribution < 1.29 is 19.0 Å². The zero-order chi connectivity index (χ0) is 24.3. The van der Waals surface area contributed by atoms with E-state index in [1.54, 1.807) is 6.92 Å². The molecule has 35 heavy (non-hydrogen) atoms. The maximum Gasteiger partial charge on any atom is 0.163 e. The minimum absolute atomic E-state index is 0.0235. The molecule has 0 amide bonds. The SMILES string of the molecule is CC(=O)[C@@H](OC(C)(C)C)c1c2c(c3ccccc3c1-c1ccc3c4c(ccnc14)CCO3)COC2. The van der Waals surface area contributed by atoms with E-state index in [4.69, 9.17) is 19.2 Å². The summed E-state index contributed by atoms with van der Waals surface area (Å²) < 4.78 is 18.4. The molecule has 6 rings (SSSR count). The maximum absolute atomic E-state index is 13.2. The maximum atomic E-state index is 13.2. The number of carbonyl (C=O) groups excluding carboxylic acids is 1. The van der Waals surface area contributed by atoms with Crippen molar-refractivity contribution in [2.75, 3.05) is 6.61 Å². The van der Waals surface area contributed by atoms with Crippen molar-refractivity contribution in [3.05, 3.63) is 70.9 Å². The molecule has 1 aromatic heterocycles. The molecule has 0 bridgehead atoms. The predicted molar refractivity (Wildman–Crippen MR) is 137 cm³/mol. The van der Waals surface area contributed by atoms with E-state index < -0.39 is 11.7 Å². The van der Waals surface area contributed by atoms with Crippen molar-refractivity contribution in [3.8, 4) is 16.9 Å². The van der Waals surface area contributed by atoms with Crippen LogP contribution in [0.2, 0.25) is 0 Å². The number of pyridine rings is 1. The molecule has 0 spiro atoms. The Hall–Kier alpha value is -3.28. The van der Waals surface area contributed by atoms with Crippen molar-refractivity contribution in [2.24, 2.45) is 0 Å². The van der Waals surface area contributed by atoms with Crippen LogP contribution in [-0.4, -0.2) is 23.0 Å². The zero-order valence-corrected chi connectivity index (χ0v) is 20.6. The van der Waals surface area contributed by atoms with Crippen molar-refractivity contribution in [1.29, 1.82) is 0 Å². The van der Waals surface area contributed by atoms with E-state index in [1.807, 2.05) is 39.1 Å². The third kappa shape index (κ3) is 3.62. The van der Waals surface area contributed by atoms with Gasteiger partial charge in [-0.1, -0.05) is 24.3 Å². The largest absolute Gasteiger partial charge is 0.493 e. The monoisotopic (exact) mass is 467 g/mol. The molecule has 0 radical (unpaired) electrons. The van der Waals surface area contributed by atoms with Gasteiger partial charge in [-0.05, 0) is 78.9 Å². The standard InChI is InChI=1S/C30H29NO4/c1-17(32)29(35-30(2,3)4)27-23-16-33-15-22(23)19-7-5-6-8-20(19)26(27)21-9-10-24-25-18(12-14-34-24)11-13-31-28(21)25/h5-11,13,29H,12,14-16H2,1-4H3/t29-/m1/s1. The number of carbonyl (C=O) groups is 1. The van der Waals surface area contributed by atoms with Crippen LogP contribution >= 0.6 is 0 Å². The van der Waals surface area contributed by atoms with Crippen molar-refractivity contribution in [2.45, 2.75) is 59.0 Å². The highest BCUT2D eigenvalue weighted by Crippen LogP contribution is 2.48. The highest BCUT2D eigenvalue weighted by atomic mass is 16.5. The zero-order valence-electron chi connectivity index (χ0n) is 20.6. The Bertz CT molecular complexity index is 1490. The molecule has 0 saturated heterocycles. The van der Waals surface area contributed by atoms with Gasteiger partial charge < -0.3 is 14.2 Å². The molecule has 0 fully saturated rings. The van der Waals surface area contributed by atoms with E-state index in [1.165, 1.54) is 5.56 Å². The number of hydrogen-bond donors (Lipinski definition) is 0. The first-order valence-corrected chi connectivity index (χ1v) is 12.2. The van der Waals surface area contributed by atoms with Crippen LogP contribution in [0.15, 0.2) is 48.7 Å². The number of ether oxygens (including phenoxy) is 3. The van der Waals surface area contributed by atoms with Gasteiger partial charge in [-0.3, -0.25) is 9.78 Å². The van der Waals surface area contributed by atoms with Gasteiger partial charge in [0.2, 0.25) is 0 Å². The van der Waals surface area contributed by atoms with Gasteiger partial charge in [-0.25, -0.2) is 0 Å². The number of Topliss-reactive ketones (excluding diaryl/α,β-unsaturated/α-hetero) is 1. The number of ketones is 1. The van der Waals surface area contributed by atoms with Crippen molar-refractivity contribution in [3.63, 3.8) is 0 Å². The van der Waals surface area contributed by atoms with E-state index in [0.717, 1.165) is 61.7 Å². The highest BCUT2D eigenvalue weighted by Gasteiger charge is 2.34. The van der Waals surface area contributed by atoms with Gasteiger partial charge in [0.1, 0.15) is 11.9 Å². The van der Waals surface area contributed by atoms with Gasteiger partial charge in [0, 0.05) is 29.1 Å². The molecular formula is C30H29NO4. The van der Waals surface area contributed by atoms with Gasteiger partial charge in [0.05, 0.1) is 30.9 Å². The van der Waals surface area contributed by atoms with Gasteiger partial charge in [-0.15, -0.1) is 0 Å². The summed E-state index contributed by atoms with van der Waals surface area (Å²) in [4.78, 5) is 18.0.